The van der Waals surface area contributed by atoms with Crippen LogP contribution in [0.25, 0.3) is 11.0 Å². The first kappa shape index (κ1) is 14.5. The zero-order chi connectivity index (χ0) is 14.8. The summed E-state index contributed by atoms with van der Waals surface area (Å²) in [5, 5.41) is 0. The summed E-state index contributed by atoms with van der Waals surface area (Å²) >= 11 is 2.31. The lowest BCUT2D eigenvalue weighted by molar-refractivity contribution is 0.0526. The maximum Gasteiger partial charge on any atom is 0.104 e. The average Bonchev–Trinajstić information content (AvgIpc) is 2.85. The maximum atomic E-state index is 5.97. The predicted molar refractivity (Wildman–Crippen MR) is 93.2 cm³/mol. The van der Waals surface area contributed by atoms with Gasteiger partial charge in [-0.25, -0.2) is 4.98 Å². The number of aryl methyl sites for hydroxylation is 1. The highest BCUT2D eigenvalue weighted by Gasteiger charge is 2.08. The number of halogens is 1. The van der Waals surface area contributed by atoms with Crippen molar-refractivity contribution in [2.24, 2.45) is 0 Å². The molecule has 3 aromatic rings. The standard InChI is InChI=1S/C17H17IN2O/c1-11(21-10-13-3-6-15(18)7-4-13)14-5-8-16-17(9-14)20-12(2)19-16/h3-9,11H,10H2,1-2H3,(H,19,20). The Kier molecular flexibility index (Phi) is 4.26. The van der Waals surface area contributed by atoms with Crippen LogP contribution in [0.5, 0.6) is 0 Å². The molecule has 4 heteroatoms. The first-order chi connectivity index (χ1) is 10.1. The van der Waals surface area contributed by atoms with Crippen molar-refractivity contribution in [1.29, 1.82) is 0 Å². The second-order valence-corrected chi connectivity index (χ2v) is 6.42. The molecule has 108 valence electrons. The van der Waals surface area contributed by atoms with Crippen LogP contribution in [0.1, 0.15) is 30.0 Å². The number of imidazole rings is 1. The van der Waals surface area contributed by atoms with Crippen LogP contribution >= 0.6 is 22.6 Å². The number of aromatic amines is 1. The molecule has 0 saturated heterocycles. The van der Waals surface area contributed by atoms with Crippen molar-refractivity contribution in [3.05, 3.63) is 63.0 Å². The number of ether oxygens (including phenoxy) is 1. The zero-order valence-corrected chi connectivity index (χ0v) is 14.2. The molecule has 0 aliphatic carbocycles. The Hall–Kier alpha value is -1.40. The van der Waals surface area contributed by atoms with Gasteiger partial charge in [0.05, 0.1) is 23.7 Å². The molecule has 0 amide bonds. The van der Waals surface area contributed by atoms with Crippen LogP contribution in [0, 0.1) is 10.5 Å². The molecule has 1 heterocycles. The SMILES string of the molecule is Cc1nc2cc(C(C)OCc3ccc(I)cc3)ccc2[nH]1. The van der Waals surface area contributed by atoms with Crippen molar-refractivity contribution >= 4 is 33.6 Å². The minimum Gasteiger partial charge on any atom is -0.369 e. The van der Waals surface area contributed by atoms with Gasteiger partial charge in [0.25, 0.3) is 0 Å². The van der Waals surface area contributed by atoms with E-state index in [9.17, 15) is 0 Å². The Morgan fingerprint density at radius 1 is 1.19 bits per heavy atom. The van der Waals surface area contributed by atoms with Crippen LogP contribution in [-0.2, 0) is 11.3 Å². The first-order valence-corrected chi connectivity index (χ1v) is 8.02. The summed E-state index contributed by atoms with van der Waals surface area (Å²) in [6, 6.07) is 14.7. The van der Waals surface area contributed by atoms with Crippen molar-refractivity contribution in [2.45, 2.75) is 26.6 Å². The number of hydrogen-bond donors (Lipinski definition) is 1. The number of rotatable bonds is 4. The van der Waals surface area contributed by atoms with Gasteiger partial charge < -0.3 is 9.72 Å². The van der Waals surface area contributed by atoms with Gasteiger partial charge in [0.1, 0.15) is 5.82 Å². The molecule has 3 rings (SSSR count). The fraction of sp³-hybridized carbons (Fsp3) is 0.235. The van der Waals surface area contributed by atoms with E-state index in [0.717, 1.165) is 22.4 Å². The van der Waals surface area contributed by atoms with E-state index in [1.54, 1.807) is 0 Å². The summed E-state index contributed by atoms with van der Waals surface area (Å²) in [7, 11) is 0. The molecule has 0 saturated carbocycles. The summed E-state index contributed by atoms with van der Waals surface area (Å²) in [5.41, 5.74) is 4.41. The van der Waals surface area contributed by atoms with Crippen molar-refractivity contribution in [3.8, 4) is 0 Å². The van der Waals surface area contributed by atoms with Crippen molar-refractivity contribution in [1.82, 2.24) is 9.97 Å². The van der Waals surface area contributed by atoms with Crippen LogP contribution in [0.15, 0.2) is 42.5 Å². The third-order valence-corrected chi connectivity index (χ3v) is 4.23. The fourth-order valence-electron chi connectivity index (χ4n) is 2.30. The zero-order valence-electron chi connectivity index (χ0n) is 12.1. The third-order valence-electron chi connectivity index (χ3n) is 3.51. The molecule has 0 bridgehead atoms. The minimum atomic E-state index is 0.0469. The topological polar surface area (TPSA) is 37.9 Å². The maximum absolute atomic E-state index is 5.97. The number of nitrogens with zero attached hydrogens (tertiary/aromatic N) is 1. The average molecular weight is 392 g/mol. The highest BCUT2D eigenvalue weighted by molar-refractivity contribution is 14.1. The summed E-state index contributed by atoms with van der Waals surface area (Å²) < 4.78 is 7.21. The number of H-pyrrole nitrogens is 1. The fourth-order valence-corrected chi connectivity index (χ4v) is 2.66. The lowest BCUT2D eigenvalue weighted by Crippen LogP contribution is -2.00. The van der Waals surface area contributed by atoms with E-state index in [1.807, 2.05) is 6.92 Å². The van der Waals surface area contributed by atoms with Gasteiger partial charge in [0.2, 0.25) is 0 Å². The van der Waals surface area contributed by atoms with Crippen molar-refractivity contribution in [2.75, 3.05) is 0 Å². The Morgan fingerprint density at radius 2 is 1.95 bits per heavy atom. The molecule has 1 aromatic heterocycles. The van der Waals surface area contributed by atoms with E-state index in [2.05, 4.69) is 81.9 Å². The molecule has 1 unspecified atom stereocenters. The number of hydrogen-bond acceptors (Lipinski definition) is 2. The van der Waals surface area contributed by atoms with Crippen LogP contribution < -0.4 is 0 Å². The van der Waals surface area contributed by atoms with E-state index < -0.39 is 0 Å². The Balaban J connectivity index is 1.71. The number of fused-ring (bicyclic) bond motifs is 1. The summed E-state index contributed by atoms with van der Waals surface area (Å²) in [4.78, 5) is 7.71. The second kappa shape index (κ2) is 6.15. The van der Waals surface area contributed by atoms with E-state index in [1.165, 1.54) is 9.13 Å². The molecule has 0 radical (unpaired) electrons. The monoisotopic (exact) mass is 392 g/mol. The molecule has 21 heavy (non-hydrogen) atoms. The molecule has 0 spiro atoms. The molecular formula is C17H17IN2O. The number of aromatic nitrogens is 2. The molecule has 3 nitrogen and oxygen atoms in total. The molecule has 2 aromatic carbocycles. The molecule has 1 atom stereocenters. The number of nitrogens with one attached hydrogen (secondary N) is 1. The van der Waals surface area contributed by atoms with Crippen LogP contribution in [0.4, 0.5) is 0 Å². The quantitative estimate of drug-likeness (QED) is 0.651. The summed E-state index contributed by atoms with van der Waals surface area (Å²) in [6.45, 7) is 4.67. The Bertz CT molecular complexity index is 749. The Morgan fingerprint density at radius 3 is 2.71 bits per heavy atom. The minimum absolute atomic E-state index is 0.0469. The summed E-state index contributed by atoms with van der Waals surface area (Å²) in [5.74, 6) is 0.939. The largest absolute Gasteiger partial charge is 0.369 e. The third kappa shape index (κ3) is 3.44. The molecule has 0 fully saturated rings. The number of benzene rings is 2. The first-order valence-electron chi connectivity index (χ1n) is 6.94. The lowest BCUT2D eigenvalue weighted by atomic mass is 10.1. The van der Waals surface area contributed by atoms with E-state index in [-0.39, 0.29) is 6.10 Å². The van der Waals surface area contributed by atoms with Gasteiger partial charge in [-0.05, 0) is 71.8 Å². The molecule has 0 aliphatic rings. The van der Waals surface area contributed by atoms with Crippen molar-refractivity contribution < 1.29 is 4.74 Å². The second-order valence-electron chi connectivity index (χ2n) is 5.18. The van der Waals surface area contributed by atoms with Crippen molar-refractivity contribution in [3.63, 3.8) is 0 Å². The van der Waals surface area contributed by atoms with Gasteiger partial charge >= 0.3 is 0 Å². The lowest BCUT2D eigenvalue weighted by Gasteiger charge is -2.13. The Labute approximate surface area is 137 Å². The predicted octanol–water partition coefficient (Wildman–Crippen LogP) is 4.75. The highest BCUT2D eigenvalue weighted by Crippen LogP contribution is 2.22. The summed E-state index contributed by atoms with van der Waals surface area (Å²) in [6.07, 6.45) is 0.0469. The van der Waals surface area contributed by atoms with Gasteiger partial charge in [-0.1, -0.05) is 18.2 Å². The van der Waals surface area contributed by atoms with E-state index in [0.29, 0.717) is 6.61 Å². The molecule has 1 N–H and O–H groups in total. The van der Waals surface area contributed by atoms with E-state index >= 15 is 0 Å². The molecular weight excluding hydrogens is 375 g/mol. The van der Waals surface area contributed by atoms with Gasteiger partial charge in [0.15, 0.2) is 0 Å². The normalized spacial score (nSPS) is 12.7. The van der Waals surface area contributed by atoms with Gasteiger partial charge in [0, 0.05) is 3.57 Å². The highest BCUT2D eigenvalue weighted by atomic mass is 127. The van der Waals surface area contributed by atoms with Gasteiger partial charge in [-0.15, -0.1) is 0 Å². The van der Waals surface area contributed by atoms with Crippen LogP contribution in [0.3, 0.4) is 0 Å². The van der Waals surface area contributed by atoms with Crippen LogP contribution in [-0.4, -0.2) is 9.97 Å². The van der Waals surface area contributed by atoms with Crippen LogP contribution in [0.2, 0.25) is 0 Å². The smallest absolute Gasteiger partial charge is 0.104 e. The van der Waals surface area contributed by atoms with Gasteiger partial charge in [-0.2, -0.15) is 0 Å². The molecule has 0 aliphatic heterocycles. The van der Waals surface area contributed by atoms with E-state index in [4.69, 9.17) is 4.74 Å². The van der Waals surface area contributed by atoms with Gasteiger partial charge in [-0.3, -0.25) is 0 Å².